The van der Waals surface area contributed by atoms with E-state index >= 15 is 0 Å². The Morgan fingerprint density at radius 1 is 1.48 bits per heavy atom. The largest absolute Gasteiger partial charge is 0.497 e. The lowest BCUT2D eigenvalue weighted by atomic mass is 10.2. The number of hydrogen-bond acceptors (Lipinski definition) is 6. The van der Waals surface area contributed by atoms with Gasteiger partial charge in [0.05, 0.1) is 18.5 Å². The molecule has 112 valence electrons. The third kappa shape index (κ3) is 4.20. The SMILES string of the molecule is COc1ccc(N)c(NC(=O)CCCc2nc(C)no2)c1. The zero-order valence-corrected chi connectivity index (χ0v) is 12.0. The molecule has 1 amide bonds. The van der Waals surface area contributed by atoms with Crippen molar-refractivity contribution in [1.82, 2.24) is 10.1 Å². The minimum atomic E-state index is -0.119. The van der Waals surface area contributed by atoms with E-state index < -0.39 is 0 Å². The zero-order chi connectivity index (χ0) is 15.2. The first-order valence-corrected chi connectivity index (χ1v) is 6.61. The van der Waals surface area contributed by atoms with E-state index in [4.69, 9.17) is 15.0 Å². The molecule has 0 saturated heterocycles. The van der Waals surface area contributed by atoms with Gasteiger partial charge >= 0.3 is 0 Å². The molecule has 0 aliphatic rings. The summed E-state index contributed by atoms with van der Waals surface area (Å²) in [5.41, 5.74) is 6.86. The van der Waals surface area contributed by atoms with E-state index in [0.29, 0.717) is 48.1 Å². The number of amides is 1. The molecule has 0 spiro atoms. The van der Waals surface area contributed by atoms with Crippen molar-refractivity contribution in [3.63, 3.8) is 0 Å². The molecular formula is C14H18N4O3. The number of nitrogens with zero attached hydrogens (tertiary/aromatic N) is 2. The molecule has 21 heavy (non-hydrogen) atoms. The molecule has 0 saturated carbocycles. The fourth-order valence-corrected chi connectivity index (χ4v) is 1.83. The summed E-state index contributed by atoms with van der Waals surface area (Å²) in [6.07, 6.45) is 1.54. The highest BCUT2D eigenvalue weighted by Gasteiger charge is 2.08. The number of aromatic nitrogens is 2. The highest BCUT2D eigenvalue weighted by molar-refractivity contribution is 5.94. The lowest BCUT2D eigenvalue weighted by Gasteiger charge is -2.09. The fourth-order valence-electron chi connectivity index (χ4n) is 1.83. The van der Waals surface area contributed by atoms with E-state index in [1.165, 1.54) is 0 Å². The van der Waals surface area contributed by atoms with E-state index in [2.05, 4.69) is 15.5 Å². The van der Waals surface area contributed by atoms with Crippen LogP contribution < -0.4 is 15.8 Å². The molecule has 0 atom stereocenters. The number of carbonyl (C=O) groups excluding carboxylic acids is 1. The van der Waals surface area contributed by atoms with Crippen LogP contribution in [0.5, 0.6) is 5.75 Å². The number of carbonyl (C=O) groups is 1. The Labute approximate surface area is 122 Å². The molecule has 7 nitrogen and oxygen atoms in total. The van der Waals surface area contributed by atoms with Crippen LogP contribution in [0.1, 0.15) is 24.6 Å². The summed E-state index contributed by atoms with van der Waals surface area (Å²) >= 11 is 0. The van der Waals surface area contributed by atoms with Crippen molar-refractivity contribution in [3.05, 3.63) is 29.9 Å². The maximum absolute atomic E-state index is 11.9. The summed E-state index contributed by atoms with van der Waals surface area (Å²) in [6.45, 7) is 1.76. The molecule has 3 N–H and O–H groups in total. The Kier molecular flexibility index (Phi) is 4.76. The Bertz CT molecular complexity index is 624. The van der Waals surface area contributed by atoms with Crippen LogP contribution in [-0.4, -0.2) is 23.2 Å². The minimum Gasteiger partial charge on any atom is -0.497 e. The zero-order valence-electron chi connectivity index (χ0n) is 12.0. The van der Waals surface area contributed by atoms with Crippen molar-refractivity contribution < 1.29 is 14.1 Å². The molecular weight excluding hydrogens is 272 g/mol. The molecule has 0 bridgehead atoms. The Morgan fingerprint density at radius 3 is 2.95 bits per heavy atom. The van der Waals surface area contributed by atoms with Gasteiger partial charge in [-0.3, -0.25) is 4.79 Å². The summed E-state index contributed by atoms with van der Waals surface area (Å²) in [6, 6.07) is 5.12. The van der Waals surface area contributed by atoms with Crippen LogP contribution >= 0.6 is 0 Å². The fraction of sp³-hybridized carbons (Fsp3) is 0.357. The van der Waals surface area contributed by atoms with Gasteiger partial charge in [0, 0.05) is 18.9 Å². The van der Waals surface area contributed by atoms with Crippen molar-refractivity contribution in [2.24, 2.45) is 0 Å². The van der Waals surface area contributed by atoms with Crippen molar-refractivity contribution in [2.75, 3.05) is 18.2 Å². The maximum Gasteiger partial charge on any atom is 0.226 e. The molecule has 7 heteroatoms. The van der Waals surface area contributed by atoms with Crippen LogP contribution in [0.4, 0.5) is 11.4 Å². The second-order valence-electron chi connectivity index (χ2n) is 4.59. The van der Waals surface area contributed by atoms with Crippen molar-refractivity contribution in [2.45, 2.75) is 26.2 Å². The van der Waals surface area contributed by atoms with Gasteiger partial charge < -0.3 is 20.3 Å². The van der Waals surface area contributed by atoms with Gasteiger partial charge in [-0.05, 0) is 25.5 Å². The number of methoxy groups -OCH3 is 1. The molecule has 0 fully saturated rings. The number of nitrogens with one attached hydrogen (secondary N) is 1. The number of hydrogen-bond donors (Lipinski definition) is 2. The molecule has 2 rings (SSSR count). The van der Waals surface area contributed by atoms with E-state index in [9.17, 15) is 4.79 Å². The number of nitrogen functional groups attached to an aromatic ring is 1. The van der Waals surface area contributed by atoms with Crippen LogP contribution in [0.25, 0.3) is 0 Å². The molecule has 1 heterocycles. The summed E-state index contributed by atoms with van der Waals surface area (Å²) in [7, 11) is 1.56. The predicted molar refractivity (Wildman–Crippen MR) is 78.0 cm³/mol. The second kappa shape index (κ2) is 6.74. The molecule has 0 unspecified atom stereocenters. The highest BCUT2D eigenvalue weighted by Crippen LogP contribution is 2.24. The monoisotopic (exact) mass is 290 g/mol. The molecule has 1 aromatic carbocycles. The number of nitrogens with two attached hydrogens (primary N) is 1. The summed E-state index contributed by atoms with van der Waals surface area (Å²) < 4.78 is 10.1. The van der Waals surface area contributed by atoms with E-state index in [1.807, 2.05) is 0 Å². The minimum absolute atomic E-state index is 0.119. The van der Waals surface area contributed by atoms with E-state index in [1.54, 1.807) is 32.2 Å². The molecule has 1 aromatic heterocycles. The lowest BCUT2D eigenvalue weighted by Crippen LogP contribution is -2.13. The summed E-state index contributed by atoms with van der Waals surface area (Å²) in [5, 5.41) is 6.46. The third-order valence-corrected chi connectivity index (χ3v) is 2.90. The predicted octanol–water partition coefficient (Wildman–Crippen LogP) is 1.93. The Balaban J connectivity index is 1.84. The number of anilines is 2. The van der Waals surface area contributed by atoms with Gasteiger partial charge in [0.25, 0.3) is 0 Å². The van der Waals surface area contributed by atoms with Gasteiger partial charge in [0.15, 0.2) is 5.82 Å². The molecule has 0 aliphatic heterocycles. The number of ether oxygens (including phenoxy) is 1. The number of aryl methyl sites for hydroxylation is 2. The van der Waals surface area contributed by atoms with Gasteiger partial charge in [-0.25, -0.2) is 0 Å². The maximum atomic E-state index is 11.9. The Hall–Kier alpha value is -2.57. The average Bonchev–Trinajstić information content (AvgIpc) is 2.87. The molecule has 2 aromatic rings. The van der Waals surface area contributed by atoms with Gasteiger partial charge in [-0.1, -0.05) is 5.16 Å². The standard InChI is InChI=1S/C14H18N4O3/c1-9-16-14(21-18-9)5-3-4-13(19)17-12-8-10(20-2)6-7-11(12)15/h6-8H,3-5,15H2,1-2H3,(H,17,19). The molecule has 0 aliphatic carbocycles. The van der Waals surface area contributed by atoms with Crippen LogP contribution in [0.3, 0.4) is 0 Å². The number of rotatable bonds is 6. The topological polar surface area (TPSA) is 103 Å². The average molecular weight is 290 g/mol. The smallest absolute Gasteiger partial charge is 0.226 e. The first-order chi connectivity index (χ1) is 10.1. The lowest BCUT2D eigenvalue weighted by molar-refractivity contribution is -0.116. The third-order valence-electron chi connectivity index (χ3n) is 2.90. The van der Waals surface area contributed by atoms with Gasteiger partial charge in [-0.15, -0.1) is 0 Å². The normalized spacial score (nSPS) is 10.4. The summed E-state index contributed by atoms with van der Waals surface area (Å²) in [5.74, 6) is 1.66. The summed E-state index contributed by atoms with van der Waals surface area (Å²) in [4.78, 5) is 16.0. The van der Waals surface area contributed by atoms with E-state index in [-0.39, 0.29) is 5.91 Å². The quantitative estimate of drug-likeness (QED) is 0.788. The van der Waals surface area contributed by atoms with Gasteiger partial charge in [0.2, 0.25) is 11.8 Å². The highest BCUT2D eigenvalue weighted by atomic mass is 16.5. The van der Waals surface area contributed by atoms with Gasteiger partial charge in [-0.2, -0.15) is 4.98 Å². The van der Waals surface area contributed by atoms with Crippen LogP contribution in [0.2, 0.25) is 0 Å². The Morgan fingerprint density at radius 2 is 2.29 bits per heavy atom. The van der Waals surface area contributed by atoms with Crippen LogP contribution in [0.15, 0.2) is 22.7 Å². The first-order valence-electron chi connectivity index (χ1n) is 6.61. The molecule has 0 radical (unpaired) electrons. The van der Waals surface area contributed by atoms with Crippen molar-refractivity contribution in [1.29, 1.82) is 0 Å². The second-order valence-corrected chi connectivity index (χ2v) is 4.59. The van der Waals surface area contributed by atoms with Crippen molar-refractivity contribution in [3.8, 4) is 5.75 Å². The first kappa shape index (κ1) is 14.8. The van der Waals surface area contributed by atoms with E-state index in [0.717, 1.165) is 0 Å². The van der Waals surface area contributed by atoms with Crippen LogP contribution in [-0.2, 0) is 11.2 Å². The van der Waals surface area contributed by atoms with Gasteiger partial charge in [0.1, 0.15) is 5.75 Å². The number of benzene rings is 1. The van der Waals surface area contributed by atoms with Crippen molar-refractivity contribution >= 4 is 17.3 Å². The van der Waals surface area contributed by atoms with Crippen LogP contribution in [0, 0.1) is 6.92 Å².